The second-order valence-corrected chi connectivity index (χ2v) is 4.00. The zero-order chi connectivity index (χ0) is 13.0. The summed E-state index contributed by atoms with van der Waals surface area (Å²) in [5, 5.41) is 7.80. The number of hydrogen-bond acceptors (Lipinski definition) is 4. The summed E-state index contributed by atoms with van der Waals surface area (Å²) in [6, 6.07) is 7.14. The van der Waals surface area contributed by atoms with Gasteiger partial charge in [-0.05, 0) is 12.1 Å². The van der Waals surface area contributed by atoms with Crippen LogP contribution < -0.4 is 4.90 Å². The highest BCUT2D eigenvalue weighted by Gasteiger charge is 2.15. The Morgan fingerprint density at radius 3 is 2.56 bits per heavy atom. The first kappa shape index (κ1) is 12.9. The third kappa shape index (κ3) is 3.01. The van der Waals surface area contributed by atoms with Crippen molar-refractivity contribution in [3.63, 3.8) is 0 Å². The summed E-state index contributed by atoms with van der Waals surface area (Å²) in [4.78, 5) is 5.54. The minimum atomic E-state index is -2.47. The Balaban J connectivity index is 2.31. The van der Waals surface area contributed by atoms with Crippen molar-refractivity contribution >= 4 is 28.6 Å². The number of halogens is 3. The minimum Gasteiger partial charge on any atom is -0.333 e. The van der Waals surface area contributed by atoms with Crippen LogP contribution in [0, 0.1) is 0 Å². The van der Waals surface area contributed by atoms with Gasteiger partial charge < -0.3 is 4.90 Å². The molecule has 2 rings (SSSR count). The van der Waals surface area contributed by atoms with Crippen LogP contribution >= 0.6 is 11.6 Å². The summed E-state index contributed by atoms with van der Waals surface area (Å²) >= 11 is 5.59. The van der Waals surface area contributed by atoms with Crippen LogP contribution in [0.3, 0.4) is 0 Å². The van der Waals surface area contributed by atoms with E-state index in [1.807, 2.05) is 6.07 Å². The van der Waals surface area contributed by atoms with Gasteiger partial charge in [-0.2, -0.15) is 0 Å². The zero-order valence-corrected chi connectivity index (χ0v) is 10.2. The molecule has 0 radical (unpaired) electrons. The molecule has 0 aliphatic heterocycles. The SMILES string of the molecule is FC(F)CN(CCCl)c1nnc2ccccc2n1. The van der Waals surface area contributed by atoms with E-state index in [9.17, 15) is 8.78 Å². The summed E-state index contributed by atoms with van der Waals surface area (Å²) in [7, 11) is 0. The van der Waals surface area contributed by atoms with Gasteiger partial charge >= 0.3 is 0 Å². The Bertz CT molecular complexity index is 523. The van der Waals surface area contributed by atoms with Gasteiger partial charge in [-0.25, -0.2) is 13.8 Å². The van der Waals surface area contributed by atoms with Crippen molar-refractivity contribution < 1.29 is 8.78 Å². The van der Waals surface area contributed by atoms with Crippen LogP contribution in [0.25, 0.3) is 11.0 Å². The average molecular weight is 273 g/mol. The molecule has 0 atom stereocenters. The molecule has 0 spiro atoms. The van der Waals surface area contributed by atoms with Gasteiger partial charge in [-0.15, -0.1) is 21.8 Å². The van der Waals surface area contributed by atoms with Crippen molar-refractivity contribution in [3.8, 4) is 0 Å². The van der Waals surface area contributed by atoms with Crippen LogP contribution in [0.1, 0.15) is 0 Å². The van der Waals surface area contributed by atoms with Crippen molar-refractivity contribution in [2.45, 2.75) is 6.43 Å². The van der Waals surface area contributed by atoms with E-state index in [1.54, 1.807) is 18.2 Å². The summed E-state index contributed by atoms with van der Waals surface area (Å²) in [5.74, 6) is 0.401. The van der Waals surface area contributed by atoms with Crippen molar-refractivity contribution in [1.82, 2.24) is 15.2 Å². The van der Waals surface area contributed by atoms with E-state index in [1.165, 1.54) is 4.90 Å². The normalized spacial score (nSPS) is 11.1. The molecular weight excluding hydrogens is 262 g/mol. The molecule has 1 aromatic heterocycles. The fraction of sp³-hybridized carbons (Fsp3) is 0.364. The molecule has 0 saturated heterocycles. The molecule has 18 heavy (non-hydrogen) atoms. The van der Waals surface area contributed by atoms with Gasteiger partial charge in [0.2, 0.25) is 5.95 Å². The lowest BCUT2D eigenvalue weighted by atomic mass is 10.3. The van der Waals surface area contributed by atoms with Crippen LogP contribution in [0.15, 0.2) is 24.3 Å². The highest BCUT2D eigenvalue weighted by atomic mass is 35.5. The number of fused-ring (bicyclic) bond motifs is 1. The maximum absolute atomic E-state index is 12.4. The monoisotopic (exact) mass is 272 g/mol. The van der Waals surface area contributed by atoms with E-state index in [0.717, 1.165) is 0 Å². The lowest BCUT2D eigenvalue weighted by molar-refractivity contribution is 0.154. The van der Waals surface area contributed by atoms with Crippen LogP contribution in [0.4, 0.5) is 14.7 Å². The zero-order valence-electron chi connectivity index (χ0n) is 9.43. The molecular formula is C11H11ClF2N4. The standard InChI is InChI=1S/C11H11ClF2N4/c12-5-6-18(7-10(13)14)11-15-8-3-1-2-4-9(8)16-17-11/h1-4,10H,5-7H2. The Labute approximate surface area is 108 Å². The number of alkyl halides is 3. The minimum absolute atomic E-state index is 0.176. The largest absolute Gasteiger partial charge is 0.333 e. The molecule has 0 aliphatic carbocycles. The Morgan fingerprint density at radius 1 is 1.17 bits per heavy atom. The van der Waals surface area contributed by atoms with E-state index in [-0.39, 0.29) is 18.4 Å². The van der Waals surface area contributed by atoms with Crippen LogP contribution in [-0.2, 0) is 0 Å². The third-order valence-corrected chi connectivity index (χ3v) is 2.51. The molecule has 1 heterocycles. The van der Waals surface area contributed by atoms with E-state index < -0.39 is 13.0 Å². The first-order valence-corrected chi connectivity index (χ1v) is 5.92. The predicted octanol–water partition coefficient (Wildman–Crippen LogP) is 2.34. The topological polar surface area (TPSA) is 41.9 Å². The number of hydrogen-bond donors (Lipinski definition) is 0. The van der Waals surface area contributed by atoms with Crippen molar-refractivity contribution in [2.24, 2.45) is 0 Å². The molecule has 7 heteroatoms. The third-order valence-electron chi connectivity index (χ3n) is 2.35. The summed E-state index contributed by atoms with van der Waals surface area (Å²) in [5.41, 5.74) is 1.25. The average Bonchev–Trinajstić information content (AvgIpc) is 2.37. The predicted molar refractivity (Wildman–Crippen MR) is 66.3 cm³/mol. The molecule has 2 aromatic rings. The summed E-state index contributed by atoms with van der Waals surface area (Å²) in [6.45, 7) is -0.196. The number of anilines is 1. The van der Waals surface area contributed by atoms with E-state index in [2.05, 4.69) is 15.2 Å². The number of nitrogens with zero attached hydrogens (tertiary/aromatic N) is 4. The first-order chi connectivity index (χ1) is 8.70. The van der Waals surface area contributed by atoms with Gasteiger partial charge in [-0.1, -0.05) is 12.1 Å². The van der Waals surface area contributed by atoms with Crippen LogP contribution in [-0.4, -0.2) is 40.6 Å². The molecule has 0 unspecified atom stereocenters. The first-order valence-electron chi connectivity index (χ1n) is 5.39. The maximum atomic E-state index is 12.4. The van der Waals surface area contributed by atoms with Gasteiger partial charge in [-0.3, -0.25) is 0 Å². The van der Waals surface area contributed by atoms with Crippen molar-refractivity contribution in [2.75, 3.05) is 23.9 Å². The number of benzene rings is 1. The molecule has 4 nitrogen and oxygen atoms in total. The van der Waals surface area contributed by atoms with Gasteiger partial charge in [0.05, 0.1) is 12.1 Å². The smallest absolute Gasteiger partial charge is 0.255 e. The summed E-state index contributed by atoms with van der Waals surface area (Å²) < 4.78 is 24.9. The van der Waals surface area contributed by atoms with Gasteiger partial charge in [0, 0.05) is 12.4 Å². The molecule has 1 aromatic carbocycles. The van der Waals surface area contributed by atoms with Gasteiger partial charge in [0.15, 0.2) is 0 Å². The Morgan fingerprint density at radius 2 is 1.89 bits per heavy atom. The van der Waals surface area contributed by atoms with Crippen LogP contribution in [0.5, 0.6) is 0 Å². The fourth-order valence-electron chi connectivity index (χ4n) is 1.55. The van der Waals surface area contributed by atoms with E-state index >= 15 is 0 Å². The van der Waals surface area contributed by atoms with Gasteiger partial charge in [0.25, 0.3) is 6.43 Å². The molecule has 0 fully saturated rings. The van der Waals surface area contributed by atoms with Crippen molar-refractivity contribution in [3.05, 3.63) is 24.3 Å². The fourth-order valence-corrected chi connectivity index (χ4v) is 1.75. The lowest BCUT2D eigenvalue weighted by Crippen LogP contribution is -2.32. The Kier molecular flexibility index (Phi) is 4.19. The molecule has 0 aliphatic rings. The lowest BCUT2D eigenvalue weighted by Gasteiger charge is -2.20. The van der Waals surface area contributed by atoms with E-state index in [4.69, 9.17) is 11.6 Å². The molecule has 0 amide bonds. The molecule has 0 saturated carbocycles. The van der Waals surface area contributed by atoms with Crippen LogP contribution in [0.2, 0.25) is 0 Å². The highest BCUT2D eigenvalue weighted by Crippen LogP contribution is 2.13. The maximum Gasteiger partial charge on any atom is 0.255 e. The molecule has 0 bridgehead atoms. The molecule has 96 valence electrons. The second-order valence-electron chi connectivity index (χ2n) is 3.63. The molecule has 0 N–H and O–H groups in total. The number of rotatable bonds is 5. The second kappa shape index (κ2) is 5.86. The summed E-state index contributed by atoms with van der Waals surface area (Å²) in [6.07, 6.45) is -2.47. The van der Waals surface area contributed by atoms with Crippen molar-refractivity contribution in [1.29, 1.82) is 0 Å². The Hall–Kier alpha value is -1.56. The highest BCUT2D eigenvalue weighted by molar-refractivity contribution is 6.18. The van der Waals surface area contributed by atoms with E-state index in [0.29, 0.717) is 11.0 Å². The van der Waals surface area contributed by atoms with Gasteiger partial charge in [0.1, 0.15) is 5.52 Å². The number of aromatic nitrogens is 3. The quantitative estimate of drug-likeness (QED) is 0.784. The number of para-hydroxylation sites is 1.